The number of nitriles is 1. The van der Waals surface area contributed by atoms with Crippen molar-refractivity contribution >= 4 is 11.9 Å². The van der Waals surface area contributed by atoms with Gasteiger partial charge in [0.15, 0.2) is 0 Å². The van der Waals surface area contributed by atoms with Crippen LogP contribution in [0.3, 0.4) is 0 Å². The maximum atomic E-state index is 12.5. The molecule has 4 unspecified atom stereocenters. The number of fused-ring (bicyclic) bond motifs is 4. The number of nitrogens with zero attached hydrogens (tertiary/aromatic N) is 2. The molecule has 28 heavy (non-hydrogen) atoms. The molecule has 7 heteroatoms. The van der Waals surface area contributed by atoms with Crippen molar-refractivity contribution in [2.45, 2.75) is 57.7 Å². The summed E-state index contributed by atoms with van der Waals surface area (Å²) in [6.07, 6.45) is 2.37. The summed E-state index contributed by atoms with van der Waals surface area (Å²) >= 11 is 0. The van der Waals surface area contributed by atoms with Crippen molar-refractivity contribution in [3.05, 3.63) is 29.3 Å². The number of nitrogens with one attached hydrogen (secondary N) is 1. The number of rotatable bonds is 1. The van der Waals surface area contributed by atoms with Crippen LogP contribution in [0.2, 0.25) is 0 Å². The standard InChI is InChI=1S/C21H26N4O3/c1-20(2,3)18(26)24-13-5-7-17-15(9-13)21(11-27-19(23)25-21)14-8-12(10-22)4-6-16(14)28-17/h4,6,8,13,15,17H,5,7,9,11H2,1-3H3,(H2,23,25)(H,24,26). The van der Waals surface area contributed by atoms with E-state index in [2.05, 4.69) is 11.4 Å². The van der Waals surface area contributed by atoms with Gasteiger partial charge in [0.2, 0.25) is 5.91 Å². The molecule has 4 rings (SSSR count). The van der Waals surface area contributed by atoms with E-state index in [0.717, 1.165) is 30.6 Å². The van der Waals surface area contributed by atoms with Crippen molar-refractivity contribution in [3.8, 4) is 11.8 Å². The van der Waals surface area contributed by atoms with Gasteiger partial charge in [0.05, 0.1) is 11.6 Å². The molecule has 1 fully saturated rings. The van der Waals surface area contributed by atoms with Crippen molar-refractivity contribution in [1.29, 1.82) is 5.26 Å². The molecule has 3 N–H and O–H groups in total. The molecule has 1 amide bonds. The van der Waals surface area contributed by atoms with E-state index in [1.54, 1.807) is 6.07 Å². The Hall–Kier alpha value is -2.75. The first-order valence-corrected chi connectivity index (χ1v) is 9.73. The zero-order chi connectivity index (χ0) is 20.1. The number of hydrogen-bond donors (Lipinski definition) is 2. The number of nitrogens with two attached hydrogens (primary N) is 1. The molecule has 1 spiro atoms. The van der Waals surface area contributed by atoms with E-state index in [9.17, 15) is 10.1 Å². The lowest BCUT2D eigenvalue weighted by atomic mass is 9.67. The minimum Gasteiger partial charge on any atom is -0.490 e. The molecule has 3 aliphatic rings. The van der Waals surface area contributed by atoms with Gasteiger partial charge in [0, 0.05) is 22.9 Å². The summed E-state index contributed by atoms with van der Waals surface area (Å²) < 4.78 is 11.9. The van der Waals surface area contributed by atoms with E-state index in [1.807, 2.05) is 32.9 Å². The molecule has 148 valence electrons. The first kappa shape index (κ1) is 18.6. The summed E-state index contributed by atoms with van der Waals surface area (Å²) in [5, 5.41) is 12.5. The molecule has 2 heterocycles. The monoisotopic (exact) mass is 382 g/mol. The van der Waals surface area contributed by atoms with Gasteiger partial charge in [-0.1, -0.05) is 20.8 Å². The summed E-state index contributed by atoms with van der Waals surface area (Å²) in [5.41, 5.74) is 6.19. The topological polar surface area (TPSA) is 110 Å². The van der Waals surface area contributed by atoms with Gasteiger partial charge in [0.1, 0.15) is 24.0 Å². The minimum absolute atomic E-state index is 0.00834. The fourth-order valence-corrected chi connectivity index (χ4v) is 4.50. The first-order valence-electron chi connectivity index (χ1n) is 9.73. The quantitative estimate of drug-likeness (QED) is 0.774. The Morgan fingerprint density at radius 3 is 2.82 bits per heavy atom. The van der Waals surface area contributed by atoms with Gasteiger partial charge in [-0.15, -0.1) is 0 Å². The third kappa shape index (κ3) is 2.97. The number of carbonyl (C=O) groups excluding carboxylic acids is 1. The molecule has 2 aliphatic heterocycles. The molecule has 0 bridgehead atoms. The minimum atomic E-state index is -0.680. The summed E-state index contributed by atoms with van der Waals surface area (Å²) in [6, 6.07) is 7.81. The second kappa shape index (κ2) is 6.40. The van der Waals surface area contributed by atoms with E-state index < -0.39 is 11.0 Å². The van der Waals surface area contributed by atoms with Crippen LogP contribution in [0.5, 0.6) is 5.75 Å². The summed E-state index contributed by atoms with van der Waals surface area (Å²) in [6.45, 7) is 6.06. The Morgan fingerprint density at radius 2 is 2.18 bits per heavy atom. The fraction of sp³-hybridized carbons (Fsp3) is 0.571. The lowest BCUT2D eigenvalue weighted by Gasteiger charge is -2.48. The number of ether oxygens (including phenoxy) is 2. The molecule has 0 aromatic heterocycles. The van der Waals surface area contributed by atoms with Gasteiger partial charge in [-0.05, 0) is 37.5 Å². The second-order valence-electron chi connectivity index (χ2n) is 8.98. The number of carbonyl (C=O) groups is 1. The summed E-state index contributed by atoms with van der Waals surface area (Å²) in [7, 11) is 0. The third-order valence-electron chi connectivity index (χ3n) is 6.02. The second-order valence-corrected chi connectivity index (χ2v) is 8.98. The van der Waals surface area contributed by atoms with E-state index >= 15 is 0 Å². The van der Waals surface area contributed by atoms with Crippen molar-refractivity contribution < 1.29 is 14.3 Å². The number of amides is 1. The highest BCUT2D eigenvalue weighted by atomic mass is 16.5. The predicted octanol–water partition coefficient (Wildman–Crippen LogP) is 2.19. The van der Waals surface area contributed by atoms with Crippen molar-refractivity contribution in [3.63, 3.8) is 0 Å². The SMILES string of the molecule is CC(C)(C)C(=O)NC1CCC2Oc3ccc(C#N)cc3C3(COC(N)=N3)C2C1. The molecule has 1 aliphatic carbocycles. The van der Waals surface area contributed by atoms with Gasteiger partial charge in [-0.3, -0.25) is 4.79 Å². The Morgan fingerprint density at radius 1 is 1.39 bits per heavy atom. The van der Waals surface area contributed by atoms with E-state index in [1.165, 1.54) is 0 Å². The van der Waals surface area contributed by atoms with Crippen LogP contribution in [0, 0.1) is 22.7 Å². The third-order valence-corrected chi connectivity index (χ3v) is 6.02. The maximum absolute atomic E-state index is 12.5. The van der Waals surface area contributed by atoms with Crippen LogP contribution in [0.15, 0.2) is 23.2 Å². The van der Waals surface area contributed by atoms with Gasteiger partial charge < -0.3 is 20.5 Å². The molecule has 7 nitrogen and oxygen atoms in total. The van der Waals surface area contributed by atoms with Gasteiger partial charge in [-0.2, -0.15) is 5.26 Å². The molecular formula is C21H26N4O3. The van der Waals surface area contributed by atoms with Crippen LogP contribution >= 0.6 is 0 Å². The molecule has 1 saturated carbocycles. The maximum Gasteiger partial charge on any atom is 0.283 e. The Bertz CT molecular complexity index is 883. The van der Waals surface area contributed by atoms with Crippen molar-refractivity contribution in [2.75, 3.05) is 6.61 Å². The Kier molecular flexibility index (Phi) is 4.25. The molecule has 4 atom stereocenters. The van der Waals surface area contributed by atoms with Crippen molar-refractivity contribution in [2.24, 2.45) is 22.1 Å². The highest BCUT2D eigenvalue weighted by molar-refractivity contribution is 5.81. The number of hydrogen-bond acceptors (Lipinski definition) is 6. The van der Waals surface area contributed by atoms with E-state index in [-0.39, 0.29) is 30.0 Å². The lowest BCUT2D eigenvalue weighted by molar-refractivity contribution is -0.130. The highest BCUT2D eigenvalue weighted by Gasteiger charge is 2.55. The zero-order valence-corrected chi connectivity index (χ0v) is 16.5. The highest BCUT2D eigenvalue weighted by Crippen LogP contribution is 2.52. The molecule has 0 saturated heterocycles. The normalized spacial score (nSPS) is 30.9. The van der Waals surface area contributed by atoms with Crippen LogP contribution in [0.25, 0.3) is 0 Å². The number of amidine groups is 1. The Labute approximate surface area is 164 Å². The zero-order valence-electron chi connectivity index (χ0n) is 16.5. The number of aliphatic imine (C=N–C) groups is 1. The molecule has 1 aromatic rings. The van der Waals surface area contributed by atoms with Crippen LogP contribution in [-0.4, -0.2) is 30.7 Å². The first-order chi connectivity index (χ1) is 13.2. The largest absolute Gasteiger partial charge is 0.490 e. The van der Waals surface area contributed by atoms with Gasteiger partial charge in [-0.25, -0.2) is 4.99 Å². The van der Waals surface area contributed by atoms with Crippen LogP contribution < -0.4 is 15.8 Å². The summed E-state index contributed by atoms with van der Waals surface area (Å²) in [5.74, 6) is 0.785. The molecule has 1 aromatic carbocycles. The van der Waals surface area contributed by atoms with Crippen LogP contribution in [0.4, 0.5) is 0 Å². The van der Waals surface area contributed by atoms with Crippen molar-refractivity contribution in [1.82, 2.24) is 5.32 Å². The van der Waals surface area contributed by atoms with Crippen LogP contribution in [0.1, 0.15) is 51.2 Å². The fourth-order valence-electron chi connectivity index (χ4n) is 4.50. The van der Waals surface area contributed by atoms with Gasteiger partial charge >= 0.3 is 0 Å². The average molecular weight is 382 g/mol. The lowest BCUT2D eigenvalue weighted by Crippen LogP contribution is -2.55. The molecular weight excluding hydrogens is 356 g/mol. The summed E-state index contributed by atoms with van der Waals surface area (Å²) in [4.78, 5) is 17.2. The van der Waals surface area contributed by atoms with E-state index in [4.69, 9.17) is 20.2 Å². The molecule has 0 radical (unpaired) electrons. The Balaban J connectivity index is 1.70. The average Bonchev–Trinajstić information content (AvgIpc) is 3.04. The number of benzene rings is 1. The van der Waals surface area contributed by atoms with E-state index in [0.29, 0.717) is 12.2 Å². The predicted molar refractivity (Wildman–Crippen MR) is 104 cm³/mol. The smallest absolute Gasteiger partial charge is 0.283 e. The van der Waals surface area contributed by atoms with Crippen LogP contribution in [-0.2, 0) is 15.1 Å². The van der Waals surface area contributed by atoms with Gasteiger partial charge in [0.25, 0.3) is 6.02 Å².